The summed E-state index contributed by atoms with van der Waals surface area (Å²) in [5.74, 6) is 1.48. The molecule has 0 aliphatic carbocycles. The minimum Gasteiger partial charge on any atom is -0.510 e. The van der Waals surface area contributed by atoms with Crippen LogP contribution in [0.4, 0.5) is 0 Å². The number of fused-ring (bicyclic) bond motifs is 4. The second-order valence-electron chi connectivity index (χ2n) is 14.9. The Morgan fingerprint density at radius 3 is 2.08 bits per heavy atom. The van der Waals surface area contributed by atoms with Crippen LogP contribution in [-0.2, 0) is 26.5 Å². The Bertz CT molecular complexity index is 3710. The Morgan fingerprint density at radius 2 is 1.38 bits per heavy atom. The Morgan fingerprint density at radius 1 is 0.717 bits per heavy atom. The maximum atomic E-state index is 10.4. The first-order chi connectivity index (χ1) is 33.0. The Hall–Kier alpha value is -7.06. The first-order valence-corrected chi connectivity index (χ1v) is 18.8. The molecular formula is C53H37N5OPt-2. The second kappa shape index (κ2) is 15.6. The van der Waals surface area contributed by atoms with Gasteiger partial charge in [-0.3, -0.25) is 4.57 Å². The van der Waals surface area contributed by atoms with E-state index in [0.29, 0.717) is 28.2 Å². The molecule has 10 rings (SSSR count). The van der Waals surface area contributed by atoms with E-state index in [1.807, 2.05) is 42.6 Å². The largest absolute Gasteiger partial charge is 0.510 e. The quantitative estimate of drug-likeness (QED) is 0.118. The average molecular weight is 965 g/mol. The number of pyridine rings is 1. The van der Waals surface area contributed by atoms with Crippen molar-refractivity contribution in [2.75, 3.05) is 0 Å². The summed E-state index contributed by atoms with van der Waals surface area (Å²) >= 11 is 0. The monoisotopic (exact) mass is 964 g/mol. The normalized spacial score (nSPS) is 13.8. The van der Waals surface area contributed by atoms with Crippen LogP contribution in [0, 0.1) is 29.8 Å². The third kappa shape index (κ3) is 6.87. The van der Waals surface area contributed by atoms with Gasteiger partial charge in [0.15, 0.2) is 0 Å². The summed E-state index contributed by atoms with van der Waals surface area (Å²) in [6.45, 7) is 6.47. The number of hydrogen-bond acceptors (Lipinski definition) is 3. The van der Waals surface area contributed by atoms with Crippen LogP contribution < -0.4 is 9.30 Å². The number of benzene rings is 7. The molecule has 3 heterocycles. The van der Waals surface area contributed by atoms with E-state index < -0.39 is 60.4 Å². The van der Waals surface area contributed by atoms with E-state index in [0.717, 1.165) is 33.2 Å². The average Bonchev–Trinajstić information content (AvgIpc) is 3.89. The molecule has 7 heteroatoms. The van der Waals surface area contributed by atoms with Crippen molar-refractivity contribution in [1.29, 1.82) is 5.26 Å². The summed E-state index contributed by atoms with van der Waals surface area (Å²) in [5, 5.41) is 12.4. The van der Waals surface area contributed by atoms with Crippen molar-refractivity contribution in [2.24, 2.45) is 0 Å². The van der Waals surface area contributed by atoms with Gasteiger partial charge in [-0.15, -0.1) is 29.7 Å². The molecule has 7 aromatic carbocycles. The molecule has 0 spiro atoms. The van der Waals surface area contributed by atoms with Gasteiger partial charge in [0, 0.05) is 44.3 Å². The van der Waals surface area contributed by atoms with Crippen LogP contribution in [0.15, 0.2) is 170 Å². The van der Waals surface area contributed by atoms with E-state index in [-0.39, 0.29) is 60.0 Å². The number of imidazole rings is 1. The molecule has 0 unspecified atom stereocenters. The molecule has 0 N–H and O–H groups in total. The van der Waals surface area contributed by atoms with Crippen molar-refractivity contribution in [3.63, 3.8) is 0 Å². The Kier molecular flexibility index (Phi) is 7.38. The van der Waals surface area contributed by atoms with E-state index in [4.69, 9.17) is 23.4 Å². The third-order valence-electron chi connectivity index (χ3n) is 10.2. The van der Waals surface area contributed by atoms with Crippen molar-refractivity contribution in [2.45, 2.75) is 26.2 Å². The molecule has 3 aromatic heterocycles. The molecule has 0 amide bonds. The fourth-order valence-electron chi connectivity index (χ4n) is 7.42. The van der Waals surface area contributed by atoms with Crippen LogP contribution in [-0.4, -0.2) is 14.1 Å². The van der Waals surface area contributed by atoms with Crippen LogP contribution in [0.5, 0.6) is 11.5 Å². The van der Waals surface area contributed by atoms with Gasteiger partial charge in [-0.05, 0) is 74.6 Å². The van der Waals surface area contributed by atoms with Gasteiger partial charge >= 0.3 is 0 Å². The zero-order valence-electron chi connectivity index (χ0n) is 42.4. The van der Waals surface area contributed by atoms with E-state index in [1.165, 1.54) is 16.7 Å². The molecule has 0 aliphatic rings. The summed E-state index contributed by atoms with van der Waals surface area (Å²) in [5.41, 5.74) is 3.55. The minimum absolute atomic E-state index is 0. The smallest absolute Gasteiger partial charge is 0.268 e. The van der Waals surface area contributed by atoms with Crippen molar-refractivity contribution in [3.05, 3.63) is 199 Å². The van der Waals surface area contributed by atoms with Crippen LogP contribution >= 0.6 is 0 Å². The van der Waals surface area contributed by atoms with Gasteiger partial charge in [0.1, 0.15) is 5.82 Å². The number of hydrogen-bond donors (Lipinski definition) is 0. The molecule has 60 heavy (non-hydrogen) atoms. The SMILES string of the molecule is [2H]c1c([2H])c([2H])c(-c2cc(C#N)cc(-c3c([2H])c([2H])c([2H])c([2H])c3[2H])c2-[n+]2[c-]n(-c3[c-]c(Oc4[c-]c5c(cc4)c4ccccc4n5-c4cc(C(C)(C)C)ccn4)ccc3)c3ccccc32)c([2H])c1[2H].[Pt]. The van der Waals surface area contributed by atoms with Crippen LogP contribution in [0.1, 0.15) is 45.6 Å². The van der Waals surface area contributed by atoms with Crippen molar-refractivity contribution in [1.82, 2.24) is 14.1 Å². The standard InChI is InChI=1S/C53H37N5O.Pt/c1-53(2,3)39-27-28-55-51(31-39)58-47-22-11-10-21-43(47)44-26-25-42(33-50(44)58)59-41-20-14-19-40(32-41)56-35-57(49-24-13-12-23-48(49)56)52-45(37-15-6-4-7-16-37)29-36(34-54)30-46(52)38-17-8-5-9-18-38;/h4-31H,1-3H3;/q-2;/i4D,5D,6D,7D,8D,9D,15D,16D,17D,18D;. The fourth-order valence-corrected chi connectivity index (χ4v) is 7.42. The van der Waals surface area contributed by atoms with E-state index in [9.17, 15) is 5.26 Å². The van der Waals surface area contributed by atoms with Gasteiger partial charge in [-0.2, -0.15) is 23.5 Å². The molecule has 0 saturated heterocycles. The van der Waals surface area contributed by atoms with Crippen LogP contribution in [0.3, 0.4) is 0 Å². The molecular weight excluding hydrogens is 918 g/mol. The number of rotatable bonds is 7. The van der Waals surface area contributed by atoms with Crippen LogP contribution in [0.25, 0.3) is 72.3 Å². The van der Waals surface area contributed by atoms with E-state index >= 15 is 0 Å². The molecule has 292 valence electrons. The zero-order chi connectivity index (χ0) is 48.8. The van der Waals surface area contributed by atoms with Gasteiger partial charge < -0.3 is 13.9 Å². The molecule has 0 radical (unpaired) electrons. The van der Waals surface area contributed by atoms with E-state index in [2.05, 4.69) is 68.1 Å². The molecule has 0 atom stereocenters. The molecule has 0 saturated carbocycles. The molecule has 6 nitrogen and oxygen atoms in total. The topological polar surface area (TPSA) is 59.6 Å². The van der Waals surface area contributed by atoms with Gasteiger partial charge in [0.25, 0.3) is 6.33 Å². The van der Waals surface area contributed by atoms with Gasteiger partial charge in [-0.1, -0.05) is 129 Å². The maximum Gasteiger partial charge on any atom is 0.268 e. The van der Waals surface area contributed by atoms with Gasteiger partial charge in [0.05, 0.1) is 42.1 Å². The van der Waals surface area contributed by atoms with Gasteiger partial charge in [-0.25, -0.2) is 4.98 Å². The third-order valence-corrected chi connectivity index (χ3v) is 10.2. The molecule has 0 aliphatic heterocycles. The first-order valence-electron chi connectivity index (χ1n) is 23.8. The first kappa shape index (κ1) is 28.4. The Balaban J connectivity index is 0.00000608. The van der Waals surface area contributed by atoms with Crippen molar-refractivity contribution >= 4 is 32.8 Å². The summed E-state index contributed by atoms with van der Waals surface area (Å²) in [6.07, 6.45) is 5.17. The Labute approximate surface area is 377 Å². The minimum atomic E-state index is -0.631. The molecule has 0 fully saturated rings. The zero-order valence-corrected chi connectivity index (χ0v) is 34.6. The predicted octanol–water partition coefficient (Wildman–Crippen LogP) is 12.1. The molecule has 0 bridgehead atoms. The van der Waals surface area contributed by atoms with Gasteiger partial charge in [0.2, 0.25) is 0 Å². The molecule has 10 aromatic rings. The summed E-state index contributed by atoms with van der Waals surface area (Å²) < 4.78 is 98.9. The summed E-state index contributed by atoms with van der Waals surface area (Å²) in [4.78, 5) is 4.78. The number of aromatic nitrogens is 4. The summed E-state index contributed by atoms with van der Waals surface area (Å²) in [7, 11) is 0. The number of para-hydroxylation sites is 3. The maximum absolute atomic E-state index is 10.4. The second-order valence-corrected chi connectivity index (χ2v) is 14.9. The van der Waals surface area contributed by atoms with Crippen molar-refractivity contribution in [3.8, 4) is 57.0 Å². The van der Waals surface area contributed by atoms with E-state index in [1.54, 1.807) is 41.0 Å². The van der Waals surface area contributed by atoms with Crippen molar-refractivity contribution < 1.29 is 44.1 Å². The summed E-state index contributed by atoms with van der Waals surface area (Å²) in [6, 6.07) is 34.1. The predicted molar refractivity (Wildman–Crippen MR) is 234 cm³/mol. The number of nitrogens with zero attached hydrogens (tertiary/aromatic N) is 5. The number of nitriles is 1. The van der Waals surface area contributed by atoms with Crippen LogP contribution in [0.2, 0.25) is 0 Å². The fraction of sp³-hybridized carbons (Fsp3) is 0.0755. The number of ether oxygens (including phenoxy) is 1.